The molecule has 0 aliphatic carbocycles. The molecule has 17 heavy (non-hydrogen) atoms. The molecule has 6 nitrogen and oxygen atoms in total. The van der Waals surface area contributed by atoms with E-state index < -0.39 is 0 Å². The lowest BCUT2D eigenvalue weighted by Crippen LogP contribution is -2.37. The normalized spacial score (nSPS) is 11.4. The van der Waals surface area contributed by atoms with Crippen LogP contribution in [0.1, 0.15) is 26.6 Å². The number of nitrogens with zero attached hydrogens (tertiary/aromatic N) is 4. The van der Waals surface area contributed by atoms with E-state index in [0.29, 0.717) is 18.5 Å². The molecule has 1 heterocycles. The summed E-state index contributed by atoms with van der Waals surface area (Å²) in [7, 11) is 0. The monoisotopic (exact) mass is 352 g/mol. The Kier molecular flexibility index (Phi) is 7.85. The fraction of sp³-hybridized carbons (Fsp3) is 0.700. The lowest BCUT2D eigenvalue weighted by Gasteiger charge is -2.08. The molecule has 1 rings (SSSR count). The van der Waals surface area contributed by atoms with Crippen molar-refractivity contribution in [2.24, 2.45) is 10.7 Å². The van der Waals surface area contributed by atoms with E-state index >= 15 is 0 Å². The molecule has 0 atom stereocenters. The summed E-state index contributed by atoms with van der Waals surface area (Å²) in [5.41, 5.74) is 5.68. The summed E-state index contributed by atoms with van der Waals surface area (Å²) in [6.07, 6.45) is 2.60. The molecule has 0 radical (unpaired) electrons. The van der Waals surface area contributed by atoms with Gasteiger partial charge in [0, 0.05) is 19.0 Å². The molecule has 0 saturated heterocycles. The SMILES string of the molecule is CCc1nncn1CCN=C(N)NC(C)C.I. The number of rotatable bonds is 5. The highest BCUT2D eigenvalue weighted by Crippen LogP contribution is 1.95. The highest BCUT2D eigenvalue weighted by Gasteiger charge is 2.00. The van der Waals surface area contributed by atoms with Gasteiger partial charge in [-0.3, -0.25) is 4.99 Å². The van der Waals surface area contributed by atoms with E-state index in [-0.39, 0.29) is 24.0 Å². The molecular weight excluding hydrogens is 331 g/mol. The van der Waals surface area contributed by atoms with Gasteiger partial charge in [-0.25, -0.2) is 0 Å². The Labute approximate surface area is 119 Å². The maximum Gasteiger partial charge on any atom is 0.188 e. The van der Waals surface area contributed by atoms with Crippen molar-refractivity contribution in [2.75, 3.05) is 6.54 Å². The van der Waals surface area contributed by atoms with Crippen molar-refractivity contribution in [1.82, 2.24) is 20.1 Å². The highest BCUT2D eigenvalue weighted by molar-refractivity contribution is 14.0. The average molecular weight is 352 g/mol. The van der Waals surface area contributed by atoms with Gasteiger partial charge in [-0.05, 0) is 13.8 Å². The van der Waals surface area contributed by atoms with Crippen LogP contribution in [0.4, 0.5) is 0 Å². The van der Waals surface area contributed by atoms with Gasteiger partial charge in [-0.1, -0.05) is 6.92 Å². The van der Waals surface area contributed by atoms with Crippen molar-refractivity contribution in [3.8, 4) is 0 Å². The molecule has 0 unspecified atom stereocenters. The van der Waals surface area contributed by atoms with E-state index in [4.69, 9.17) is 5.73 Å². The van der Waals surface area contributed by atoms with Gasteiger partial charge < -0.3 is 15.6 Å². The predicted octanol–water partition coefficient (Wildman–Crippen LogP) is 0.771. The van der Waals surface area contributed by atoms with Gasteiger partial charge in [0.2, 0.25) is 0 Å². The van der Waals surface area contributed by atoms with Crippen LogP contribution in [0, 0.1) is 0 Å². The fourth-order valence-electron chi connectivity index (χ4n) is 1.36. The maximum absolute atomic E-state index is 5.68. The topological polar surface area (TPSA) is 81.1 Å². The van der Waals surface area contributed by atoms with E-state index in [0.717, 1.165) is 18.8 Å². The Morgan fingerprint density at radius 1 is 1.59 bits per heavy atom. The highest BCUT2D eigenvalue weighted by atomic mass is 127. The van der Waals surface area contributed by atoms with Gasteiger partial charge in [-0.15, -0.1) is 34.2 Å². The smallest absolute Gasteiger partial charge is 0.188 e. The maximum atomic E-state index is 5.68. The molecule has 0 aromatic carbocycles. The number of aryl methyl sites for hydroxylation is 1. The van der Waals surface area contributed by atoms with Gasteiger partial charge in [0.15, 0.2) is 5.96 Å². The van der Waals surface area contributed by atoms with Crippen molar-refractivity contribution in [1.29, 1.82) is 0 Å². The van der Waals surface area contributed by atoms with Crippen LogP contribution in [-0.4, -0.2) is 33.3 Å². The third kappa shape index (κ3) is 5.85. The summed E-state index contributed by atoms with van der Waals surface area (Å²) in [5.74, 6) is 1.46. The van der Waals surface area contributed by atoms with Crippen LogP contribution in [0.25, 0.3) is 0 Å². The summed E-state index contributed by atoms with van der Waals surface area (Å²) < 4.78 is 1.99. The van der Waals surface area contributed by atoms with E-state index in [9.17, 15) is 0 Å². The molecule has 0 amide bonds. The van der Waals surface area contributed by atoms with Crippen LogP contribution in [0.5, 0.6) is 0 Å². The average Bonchev–Trinajstić information content (AvgIpc) is 2.64. The molecular formula is C10H21IN6. The van der Waals surface area contributed by atoms with Crippen molar-refractivity contribution >= 4 is 29.9 Å². The zero-order valence-electron chi connectivity index (χ0n) is 10.6. The molecule has 3 N–H and O–H groups in total. The quantitative estimate of drug-likeness (QED) is 0.466. The number of halogens is 1. The van der Waals surface area contributed by atoms with Crippen molar-refractivity contribution in [3.63, 3.8) is 0 Å². The molecule has 7 heteroatoms. The van der Waals surface area contributed by atoms with Gasteiger partial charge in [0.05, 0.1) is 6.54 Å². The fourth-order valence-corrected chi connectivity index (χ4v) is 1.36. The number of hydrogen-bond acceptors (Lipinski definition) is 3. The molecule has 0 spiro atoms. The second-order valence-electron chi connectivity index (χ2n) is 3.86. The summed E-state index contributed by atoms with van der Waals surface area (Å²) in [5, 5.41) is 10.9. The third-order valence-electron chi connectivity index (χ3n) is 2.07. The molecule has 0 bridgehead atoms. The number of guanidine groups is 1. The Morgan fingerprint density at radius 2 is 2.29 bits per heavy atom. The molecule has 0 aliphatic heterocycles. The summed E-state index contributed by atoms with van der Waals surface area (Å²) in [6, 6.07) is 0.310. The minimum atomic E-state index is 0. The van der Waals surface area contributed by atoms with E-state index in [2.05, 4.69) is 27.4 Å². The Morgan fingerprint density at radius 3 is 2.88 bits per heavy atom. The first-order valence-electron chi connectivity index (χ1n) is 5.56. The standard InChI is InChI=1S/C10H20N6.HI/c1-4-9-15-13-7-16(9)6-5-12-10(11)14-8(2)3;/h7-8H,4-6H2,1-3H3,(H3,11,12,14);1H. The lowest BCUT2D eigenvalue weighted by molar-refractivity contribution is 0.659. The lowest BCUT2D eigenvalue weighted by atomic mass is 10.4. The Balaban J connectivity index is 0.00000256. The van der Waals surface area contributed by atoms with Crippen molar-refractivity contribution < 1.29 is 0 Å². The second-order valence-corrected chi connectivity index (χ2v) is 3.86. The first-order chi connectivity index (χ1) is 7.63. The van der Waals surface area contributed by atoms with Crippen LogP contribution >= 0.6 is 24.0 Å². The van der Waals surface area contributed by atoms with Gasteiger partial charge in [0.25, 0.3) is 0 Å². The number of aromatic nitrogens is 3. The molecule has 1 aromatic heterocycles. The molecule has 1 aromatic rings. The largest absolute Gasteiger partial charge is 0.370 e. The van der Waals surface area contributed by atoms with Crippen LogP contribution < -0.4 is 11.1 Å². The van der Waals surface area contributed by atoms with Crippen molar-refractivity contribution in [3.05, 3.63) is 12.2 Å². The van der Waals surface area contributed by atoms with E-state index in [1.807, 2.05) is 18.4 Å². The minimum absolute atomic E-state index is 0. The third-order valence-corrected chi connectivity index (χ3v) is 2.07. The molecule has 98 valence electrons. The summed E-state index contributed by atoms with van der Waals surface area (Å²) in [6.45, 7) is 7.50. The zero-order valence-corrected chi connectivity index (χ0v) is 12.9. The van der Waals surface area contributed by atoms with Crippen LogP contribution in [0.2, 0.25) is 0 Å². The number of hydrogen-bond donors (Lipinski definition) is 2. The van der Waals surface area contributed by atoms with E-state index in [1.54, 1.807) is 6.33 Å². The predicted molar refractivity (Wildman–Crippen MR) is 79.6 cm³/mol. The van der Waals surface area contributed by atoms with Crippen molar-refractivity contribution in [2.45, 2.75) is 39.8 Å². The first kappa shape index (κ1) is 16.1. The first-order valence-corrected chi connectivity index (χ1v) is 5.56. The summed E-state index contributed by atoms with van der Waals surface area (Å²) in [4.78, 5) is 4.22. The zero-order chi connectivity index (χ0) is 12.0. The van der Waals surface area contributed by atoms with Crippen LogP contribution in [0.3, 0.4) is 0 Å². The second kappa shape index (κ2) is 8.26. The van der Waals surface area contributed by atoms with Gasteiger partial charge in [-0.2, -0.15) is 0 Å². The van der Waals surface area contributed by atoms with Crippen LogP contribution in [0.15, 0.2) is 11.3 Å². The number of aliphatic imine (C=N–C) groups is 1. The van der Waals surface area contributed by atoms with Gasteiger partial charge >= 0.3 is 0 Å². The number of nitrogens with two attached hydrogens (primary N) is 1. The summed E-state index contributed by atoms with van der Waals surface area (Å²) >= 11 is 0. The molecule has 0 saturated carbocycles. The Bertz CT molecular complexity index is 346. The Hall–Kier alpha value is -0.860. The molecule has 0 fully saturated rings. The van der Waals surface area contributed by atoms with Gasteiger partial charge in [0.1, 0.15) is 12.2 Å². The van der Waals surface area contributed by atoms with E-state index in [1.165, 1.54) is 0 Å². The molecule has 0 aliphatic rings. The van der Waals surface area contributed by atoms with Crippen LogP contribution in [-0.2, 0) is 13.0 Å². The minimum Gasteiger partial charge on any atom is -0.370 e. The number of nitrogens with one attached hydrogen (secondary N) is 1.